The van der Waals surface area contributed by atoms with Gasteiger partial charge in [-0.05, 0) is 50.6 Å². The third kappa shape index (κ3) is 3.21. The highest BCUT2D eigenvalue weighted by Crippen LogP contribution is 2.40. The van der Waals surface area contributed by atoms with Gasteiger partial charge in [-0.25, -0.2) is 4.39 Å². The van der Waals surface area contributed by atoms with Crippen LogP contribution in [0.1, 0.15) is 18.4 Å². The topological polar surface area (TPSA) is 12.0 Å². The highest BCUT2D eigenvalue weighted by atomic mass is 32.2. The van der Waals surface area contributed by atoms with Gasteiger partial charge in [0.2, 0.25) is 0 Å². The molecule has 0 radical (unpaired) electrons. The fourth-order valence-corrected chi connectivity index (χ4v) is 2.48. The van der Waals surface area contributed by atoms with E-state index in [9.17, 15) is 4.39 Å². The second-order valence-electron chi connectivity index (χ2n) is 3.94. The zero-order chi connectivity index (χ0) is 10.7. The lowest BCUT2D eigenvalue weighted by Crippen LogP contribution is -2.10. The van der Waals surface area contributed by atoms with Gasteiger partial charge in [0, 0.05) is 10.1 Å². The molecule has 1 saturated carbocycles. The Morgan fingerprint density at radius 1 is 1.47 bits per heavy atom. The Bertz CT molecular complexity index is 336. The van der Waals surface area contributed by atoms with E-state index in [2.05, 4.69) is 5.32 Å². The molecule has 1 aliphatic rings. The SMILES string of the molecule is CNCCc1ccc(SC2CC2)c(F)c1. The van der Waals surface area contributed by atoms with Crippen molar-refractivity contribution < 1.29 is 4.39 Å². The van der Waals surface area contributed by atoms with Crippen LogP contribution in [0.25, 0.3) is 0 Å². The number of benzene rings is 1. The molecule has 3 heteroatoms. The molecule has 0 aliphatic heterocycles. The van der Waals surface area contributed by atoms with Crippen molar-refractivity contribution >= 4 is 11.8 Å². The first-order chi connectivity index (χ1) is 7.29. The molecule has 1 aromatic rings. The fourth-order valence-electron chi connectivity index (χ4n) is 1.43. The predicted octanol–water partition coefficient (Wildman–Crippen LogP) is 2.84. The Morgan fingerprint density at radius 2 is 2.27 bits per heavy atom. The van der Waals surface area contributed by atoms with Crippen molar-refractivity contribution in [3.05, 3.63) is 29.6 Å². The van der Waals surface area contributed by atoms with Crippen LogP contribution in [-0.4, -0.2) is 18.8 Å². The molecule has 1 aliphatic carbocycles. The van der Waals surface area contributed by atoms with Crippen molar-refractivity contribution in [3.8, 4) is 0 Å². The van der Waals surface area contributed by atoms with Crippen LogP contribution in [0.15, 0.2) is 23.1 Å². The molecule has 1 nitrogen and oxygen atoms in total. The average Bonchev–Trinajstić information content (AvgIpc) is 3.02. The quantitative estimate of drug-likeness (QED) is 0.827. The zero-order valence-corrected chi connectivity index (χ0v) is 9.74. The van der Waals surface area contributed by atoms with E-state index in [1.54, 1.807) is 17.8 Å². The van der Waals surface area contributed by atoms with E-state index in [1.807, 2.05) is 19.2 Å². The molecular formula is C12H16FNS. The number of halogens is 1. The van der Waals surface area contributed by atoms with Gasteiger partial charge in [0.15, 0.2) is 0 Å². The highest BCUT2D eigenvalue weighted by molar-refractivity contribution is 8.00. The van der Waals surface area contributed by atoms with Crippen LogP contribution >= 0.6 is 11.8 Å². The summed E-state index contributed by atoms with van der Waals surface area (Å²) < 4.78 is 13.6. The van der Waals surface area contributed by atoms with E-state index in [4.69, 9.17) is 0 Å². The van der Waals surface area contributed by atoms with E-state index in [0.717, 1.165) is 23.4 Å². The van der Waals surface area contributed by atoms with E-state index < -0.39 is 0 Å². The predicted molar refractivity (Wildman–Crippen MR) is 62.9 cm³/mol. The molecule has 1 fully saturated rings. The summed E-state index contributed by atoms with van der Waals surface area (Å²) in [5.74, 6) is -0.0551. The number of likely N-dealkylation sites (N-methyl/N-ethyl adjacent to an activating group) is 1. The van der Waals surface area contributed by atoms with Crippen LogP contribution in [0.4, 0.5) is 4.39 Å². The summed E-state index contributed by atoms with van der Waals surface area (Å²) in [7, 11) is 1.91. The summed E-state index contributed by atoms with van der Waals surface area (Å²) in [6.07, 6.45) is 3.37. The summed E-state index contributed by atoms with van der Waals surface area (Å²) >= 11 is 1.68. The minimum Gasteiger partial charge on any atom is -0.319 e. The molecule has 0 atom stereocenters. The number of hydrogen-bond acceptors (Lipinski definition) is 2. The van der Waals surface area contributed by atoms with Crippen LogP contribution in [0.5, 0.6) is 0 Å². The maximum absolute atomic E-state index is 13.6. The highest BCUT2D eigenvalue weighted by Gasteiger charge is 2.23. The Morgan fingerprint density at radius 3 is 2.87 bits per heavy atom. The van der Waals surface area contributed by atoms with Gasteiger partial charge in [-0.15, -0.1) is 11.8 Å². The van der Waals surface area contributed by atoms with Crippen LogP contribution in [0, 0.1) is 5.82 Å². The van der Waals surface area contributed by atoms with Gasteiger partial charge in [-0.1, -0.05) is 6.07 Å². The van der Waals surface area contributed by atoms with Crippen molar-refractivity contribution in [1.82, 2.24) is 5.32 Å². The molecule has 15 heavy (non-hydrogen) atoms. The summed E-state index contributed by atoms with van der Waals surface area (Å²) in [6, 6.07) is 5.62. The molecule has 0 saturated heterocycles. The lowest BCUT2D eigenvalue weighted by Gasteiger charge is -2.05. The first-order valence-electron chi connectivity index (χ1n) is 5.39. The maximum Gasteiger partial charge on any atom is 0.137 e. The summed E-state index contributed by atoms with van der Waals surface area (Å²) in [5.41, 5.74) is 1.07. The second kappa shape index (κ2) is 4.99. The first-order valence-corrected chi connectivity index (χ1v) is 6.27. The molecule has 1 N–H and O–H groups in total. The molecule has 1 aromatic carbocycles. The molecule has 2 rings (SSSR count). The van der Waals surface area contributed by atoms with Crippen molar-refractivity contribution in [2.24, 2.45) is 0 Å². The smallest absolute Gasteiger partial charge is 0.137 e. The fraction of sp³-hybridized carbons (Fsp3) is 0.500. The molecule has 0 heterocycles. The Balaban J connectivity index is 2.00. The van der Waals surface area contributed by atoms with Crippen molar-refractivity contribution in [2.75, 3.05) is 13.6 Å². The van der Waals surface area contributed by atoms with Crippen molar-refractivity contribution in [3.63, 3.8) is 0 Å². The second-order valence-corrected chi connectivity index (χ2v) is 5.28. The largest absolute Gasteiger partial charge is 0.319 e. The van der Waals surface area contributed by atoms with Gasteiger partial charge in [0.25, 0.3) is 0 Å². The Kier molecular flexibility index (Phi) is 3.65. The van der Waals surface area contributed by atoms with Crippen LogP contribution in [-0.2, 0) is 6.42 Å². The molecular weight excluding hydrogens is 209 g/mol. The zero-order valence-electron chi connectivity index (χ0n) is 8.92. The molecule has 0 bridgehead atoms. The van der Waals surface area contributed by atoms with Gasteiger partial charge in [0.05, 0.1) is 0 Å². The lowest BCUT2D eigenvalue weighted by atomic mass is 10.1. The standard InChI is InChI=1S/C12H16FNS/c1-14-7-6-9-2-5-12(11(13)8-9)15-10-3-4-10/h2,5,8,10,14H,3-4,6-7H2,1H3. The molecule has 0 unspecified atom stereocenters. The van der Waals surface area contributed by atoms with Crippen molar-refractivity contribution in [1.29, 1.82) is 0 Å². The van der Waals surface area contributed by atoms with Gasteiger partial charge in [-0.3, -0.25) is 0 Å². The van der Waals surface area contributed by atoms with Gasteiger partial charge >= 0.3 is 0 Å². The minimum atomic E-state index is -0.0551. The summed E-state index contributed by atoms with van der Waals surface area (Å²) in [5, 5.41) is 3.73. The molecule has 82 valence electrons. The maximum atomic E-state index is 13.6. The van der Waals surface area contributed by atoms with Gasteiger partial charge < -0.3 is 5.32 Å². The number of nitrogens with one attached hydrogen (secondary N) is 1. The molecule has 0 aromatic heterocycles. The monoisotopic (exact) mass is 225 g/mol. The third-order valence-corrected chi connectivity index (χ3v) is 3.87. The first kappa shape index (κ1) is 11.0. The summed E-state index contributed by atoms with van der Waals surface area (Å²) in [4.78, 5) is 0.811. The van der Waals surface area contributed by atoms with Gasteiger partial charge in [0.1, 0.15) is 5.82 Å². The van der Waals surface area contributed by atoms with Crippen LogP contribution in [0.2, 0.25) is 0 Å². The number of hydrogen-bond donors (Lipinski definition) is 1. The molecule has 0 amide bonds. The Hall–Kier alpha value is -0.540. The van der Waals surface area contributed by atoms with Crippen LogP contribution < -0.4 is 5.32 Å². The van der Waals surface area contributed by atoms with Crippen molar-refractivity contribution in [2.45, 2.75) is 29.4 Å². The number of thioether (sulfide) groups is 1. The van der Waals surface area contributed by atoms with E-state index in [0.29, 0.717) is 5.25 Å². The van der Waals surface area contributed by atoms with Gasteiger partial charge in [-0.2, -0.15) is 0 Å². The Labute approximate surface area is 94.5 Å². The van der Waals surface area contributed by atoms with Crippen LogP contribution in [0.3, 0.4) is 0 Å². The summed E-state index contributed by atoms with van der Waals surface area (Å²) in [6.45, 7) is 0.897. The van der Waals surface area contributed by atoms with E-state index >= 15 is 0 Å². The van der Waals surface area contributed by atoms with E-state index in [1.165, 1.54) is 12.8 Å². The van der Waals surface area contributed by atoms with E-state index in [-0.39, 0.29) is 5.82 Å². The molecule has 0 spiro atoms. The average molecular weight is 225 g/mol. The minimum absolute atomic E-state index is 0.0551. The third-order valence-electron chi connectivity index (χ3n) is 2.48. The number of rotatable bonds is 5. The normalized spacial score (nSPS) is 15.6. The lowest BCUT2D eigenvalue weighted by molar-refractivity contribution is 0.598.